The summed E-state index contributed by atoms with van der Waals surface area (Å²) >= 11 is 0. The van der Waals surface area contributed by atoms with Crippen LogP contribution < -0.4 is 15.8 Å². The SMILES string of the molecule is Cc1cccc(NC(N)=NCCS(=O)(=O)NC(C)C)c1. The van der Waals surface area contributed by atoms with Gasteiger partial charge in [-0.25, -0.2) is 13.1 Å². The number of benzene rings is 1. The molecule has 20 heavy (non-hydrogen) atoms. The van der Waals surface area contributed by atoms with Crippen LogP contribution in [-0.2, 0) is 10.0 Å². The number of hydrogen-bond donors (Lipinski definition) is 3. The highest BCUT2D eigenvalue weighted by molar-refractivity contribution is 7.89. The van der Waals surface area contributed by atoms with E-state index in [0.29, 0.717) is 0 Å². The van der Waals surface area contributed by atoms with Gasteiger partial charge in [0.05, 0.1) is 12.3 Å². The average Bonchev–Trinajstić information content (AvgIpc) is 2.26. The summed E-state index contributed by atoms with van der Waals surface area (Å²) in [7, 11) is -3.30. The van der Waals surface area contributed by atoms with Crippen LogP contribution in [-0.4, -0.2) is 32.7 Å². The van der Waals surface area contributed by atoms with Crippen LogP contribution in [0, 0.1) is 6.92 Å². The maximum absolute atomic E-state index is 11.6. The first kappa shape index (κ1) is 16.5. The Labute approximate surface area is 120 Å². The molecule has 1 rings (SSSR count). The zero-order valence-corrected chi connectivity index (χ0v) is 12.9. The summed E-state index contributed by atoms with van der Waals surface area (Å²) in [4.78, 5) is 4.01. The number of aryl methyl sites for hydroxylation is 1. The van der Waals surface area contributed by atoms with Crippen molar-refractivity contribution in [2.75, 3.05) is 17.6 Å². The Morgan fingerprint density at radius 1 is 1.40 bits per heavy atom. The van der Waals surface area contributed by atoms with Crippen molar-refractivity contribution < 1.29 is 8.42 Å². The van der Waals surface area contributed by atoms with Crippen molar-refractivity contribution in [3.05, 3.63) is 29.8 Å². The van der Waals surface area contributed by atoms with Crippen LogP contribution in [0.25, 0.3) is 0 Å². The fourth-order valence-corrected chi connectivity index (χ4v) is 2.78. The molecule has 6 nitrogen and oxygen atoms in total. The molecule has 1 aromatic rings. The van der Waals surface area contributed by atoms with Crippen molar-refractivity contribution in [1.82, 2.24) is 4.72 Å². The number of hydrogen-bond acceptors (Lipinski definition) is 3. The first-order chi connectivity index (χ1) is 9.28. The van der Waals surface area contributed by atoms with E-state index in [1.807, 2.05) is 31.2 Å². The van der Waals surface area contributed by atoms with E-state index in [4.69, 9.17) is 5.73 Å². The van der Waals surface area contributed by atoms with Gasteiger partial charge in [0.2, 0.25) is 10.0 Å². The maximum Gasteiger partial charge on any atom is 0.213 e. The number of nitrogens with two attached hydrogens (primary N) is 1. The van der Waals surface area contributed by atoms with Crippen LogP contribution in [0.15, 0.2) is 29.3 Å². The largest absolute Gasteiger partial charge is 0.370 e. The molecule has 7 heteroatoms. The molecule has 0 aliphatic rings. The van der Waals surface area contributed by atoms with Gasteiger partial charge in [-0.2, -0.15) is 0 Å². The third-order valence-corrected chi connectivity index (χ3v) is 3.90. The highest BCUT2D eigenvalue weighted by Crippen LogP contribution is 2.08. The highest BCUT2D eigenvalue weighted by atomic mass is 32.2. The average molecular weight is 298 g/mol. The Balaban J connectivity index is 2.50. The maximum atomic E-state index is 11.6. The molecular weight excluding hydrogens is 276 g/mol. The van der Waals surface area contributed by atoms with Crippen LogP contribution in [0.4, 0.5) is 5.69 Å². The summed E-state index contributed by atoms with van der Waals surface area (Å²) in [6.45, 7) is 5.64. The molecule has 4 N–H and O–H groups in total. The molecule has 0 unspecified atom stereocenters. The van der Waals surface area contributed by atoms with Crippen molar-refractivity contribution in [3.8, 4) is 0 Å². The predicted molar refractivity (Wildman–Crippen MR) is 83.3 cm³/mol. The van der Waals surface area contributed by atoms with Crippen molar-refractivity contribution in [1.29, 1.82) is 0 Å². The molecule has 0 atom stereocenters. The Morgan fingerprint density at radius 3 is 2.70 bits per heavy atom. The summed E-state index contributed by atoms with van der Waals surface area (Å²) in [6, 6.07) is 7.56. The van der Waals surface area contributed by atoms with Gasteiger partial charge in [0.1, 0.15) is 0 Å². The van der Waals surface area contributed by atoms with Gasteiger partial charge >= 0.3 is 0 Å². The van der Waals surface area contributed by atoms with Crippen molar-refractivity contribution in [2.45, 2.75) is 26.8 Å². The lowest BCUT2D eigenvalue weighted by atomic mass is 10.2. The van der Waals surface area contributed by atoms with Crippen LogP contribution >= 0.6 is 0 Å². The topological polar surface area (TPSA) is 96.6 Å². The minimum Gasteiger partial charge on any atom is -0.370 e. The lowest BCUT2D eigenvalue weighted by Crippen LogP contribution is -2.33. The molecule has 0 fully saturated rings. The summed E-state index contributed by atoms with van der Waals surface area (Å²) in [5.41, 5.74) is 7.64. The molecule has 0 spiro atoms. The Hall–Kier alpha value is -1.60. The summed E-state index contributed by atoms with van der Waals surface area (Å²) in [5.74, 6) is 0.122. The molecule has 0 aromatic heterocycles. The van der Waals surface area contributed by atoms with Crippen LogP contribution in [0.5, 0.6) is 0 Å². The second-order valence-corrected chi connectivity index (χ2v) is 6.73. The molecule has 0 aliphatic heterocycles. The van der Waals surface area contributed by atoms with E-state index in [1.54, 1.807) is 13.8 Å². The first-order valence-corrected chi connectivity index (χ1v) is 8.07. The molecular formula is C13H22N4O2S. The summed E-state index contributed by atoms with van der Waals surface area (Å²) in [6.07, 6.45) is 0. The van der Waals surface area contributed by atoms with Gasteiger partial charge in [-0.3, -0.25) is 4.99 Å². The van der Waals surface area contributed by atoms with E-state index >= 15 is 0 Å². The lowest BCUT2D eigenvalue weighted by Gasteiger charge is -2.09. The third-order valence-electron chi connectivity index (χ3n) is 2.35. The van der Waals surface area contributed by atoms with E-state index in [2.05, 4.69) is 15.0 Å². The van der Waals surface area contributed by atoms with Crippen LogP contribution in [0.1, 0.15) is 19.4 Å². The molecule has 0 heterocycles. The summed E-state index contributed by atoms with van der Waals surface area (Å²) in [5, 5.41) is 2.92. The van der Waals surface area contributed by atoms with E-state index in [1.165, 1.54) is 0 Å². The monoisotopic (exact) mass is 298 g/mol. The van der Waals surface area contributed by atoms with Gasteiger partial charge in [0, 0.05) is 11.7 Å². The Bertz CT molecular complexity index is 567. The molecule has 0 aliphatic carbocycles. The smallest absolute Gasteiger partial charge is 0.213 e. The summed E-state index contributed by atoms with van der Waals surface area (Å²) < 4.78 is 25.7. The molecule has 0 radical (unpaired) electrons. The minimum absolute atomic E-state index is 0.0820. The Kier molecular flexibility index (Phi) is 5.97. The van der Waals surface area contributed by atoms with Crippen LogP contribution in [0.3, 0.4) is 0 Å². The van der Waals surface area contributed by atoms with E-state index in [0.717, 1.165) is 11.3 Å². The fraction of sp³-hybridized carbons (Fsp3) is 0.462. The van der Waals surface area contributed by atoms with Gasteiger partial charge in [-0.15, -0.1) is 0 Å². The number of sulfonamides is 1. The van der Waals surface area contributed by atoms with Gasteiger partial charge in [-0.1, -0.05) is 12.1 Å². The number of rotatable bonds is 6. The predicted octanol–water partition coefficient (Wildman–Crippen LogP) is 1.05. The molecule has 0 bridgehead atoms. The second-order valence-electron chi connectivity index (χ2n) is 4.85. The van der Waals surface area contributed by atoms with Crippen molar-refractivity contribution in [2.24, 2.45) is 10.7 Å². The van der Waals surface area contributed by atoms with Gasteiger partial charge < -0.3 is 11.1 Å². The quantitative estimate of drug-likeness (QED) is 0.540. The normalized spacial score (nSPS) is 12.7. The first-order valence-electron chi connectivity index (χ1n) is 6.42. The van der Waals surface area contributed by atoms with E-state index < -0.39 is 10.0 Å². The third kappa shape index (κ3) is 6.53. The molecule has 112 valence electrons. The molecule has 0 amide bonds. The molecule has 0 saturated heterocycles. The highest BCUT2D eigenvalue weighted by Gasteiger charge is 2.10. The van der Waals surface area contributed by atoms with Gasteiger partial charge in [0.25, 0.3) is 0 Å². The minimum atomic E-state index is -3.30. The lowest BCUT2D eigenvalue weighted by molar-refractivity contribution is 0.570. The number of nitrogens with zero attached hydrogens (tertiary/aromatic N) is 1. The number of nitrogens with one attached hydrogen (secondary N) is 2. The molecule has 0 saturated carbocycles. The van der Waals surface area contributed by atoms with E-state index in [-0.39, 0.29) is 24.3 Å². The second kappa shape index (κ2) is 7.25. The van der Waals surface area contributed by atoms with Gasteiger partial charge in [-0.05, 0) is 38.5 Å². The number of aliphatic imine (C=N–C) groups is 1. The zero-order valence-electron chi connectivity index (χ0n) is 12.1. The standard InChI is InChI=1S/C13H22N4O2S/c1-10(2)17-20(18,19)8-7-15-13(14)16-12-6-4-5-11(3)9-12/h4-6,9-10,17H,7-8H2,1-3H3,(H3,14,15,16). The number of anilines is 1. The van der Waals surface area contributed by atoms with Crippen LogP contribution in [0.2, 0.25) is 0 Å². The molecule has 1 aromatic carbocycles. The number of guanidine groups is 1. The van der Waals surface area contributed by atoms with E-state index in [9.17, 15) is 8.42 Å². The fourth-order valence-electron chi connectivity index (χ4n) is 1.61. The van der Waals surface area contributed by atoms with Gasteiger partial charge in [0.15, 0.2) is 5.96 Å². The zero-order chi connectivity index (χ0) is 15.2. The van der Waals surface area contributed by atoms with Crippen molar-refractivity contribution in [3.63, 3.8) is 0 Å². The van der Waals surface area contributed by atoms with Crippen molar-refractivity contribution >= 4 is 21.7 Å². The Morgan fingerprint density at radius 2 is 2.10 bits per heavy atom.